The molecule has 0 bridgehead atoms. The van der Waals surface area contributed by atoms with E-state index in [-0.39, 0.29) is 32.1 Å². The molecule has 21 heavy (non-hydrogen) atoms. The van der Waals surface area contributed by atoms with E-state index in [0.29, 0.717) is 11.3 Å². The van der Waals surface area contributed by atoms with Gasteiger partial charge in [-0.2, -0.15) is 13.2 Å². The van der Waals surface area contributed by atoms with Gasteiger partial charge >= 0.3 is 6.18 Å². The molecular formula is C12H16F3N5O. The number of nitrogen functional groups attached to an aromatic ring is 1. The van der Waals surface area contributed by atoms with E-state index in [1.54, 1.807) is 6.07 Å². The van der Waals surface area contributed by atoms with Crippen LogP contribution in [0.5, 0.6) is 0 Å². The molecule has 0 atom stereocenters. The summed E-state index contributed by atoms with van der Waals surface area (Å²) in [7, 11) is 0. The van der Waals surface area contributed by atoms with Crippen molar-refractivity contribution in [2.24, 2.45) is 5.84 Å². The Labute approximate surface area is 119 Å². The number of nitrogens with zero attached hydrogens (tertiary/aromatic N) is 3. The number of aromatic nitrogens is 1. The highest BCUT2D eigenvalue weighted by molar-refractivity contribution is 5.99. The number of nitrogens with two attached hydrogens (primary N) is 1. The fourth-order valence-electron chi connectivity index (χ4n) is 2.22. The molecule has 1 fully saturated rings. The molecular weight excluding hydrogens is 287 g/mol. The summed E-state index contributed by atoms with van der Waals surface area (Å²) in [6.07, 6.45) is -1.33. The molecule has 1 saturated heterocycles. The zero-order valence-corrected chi connectivity index (χ0v) is 11.2. The van der Waals surface area contributed by atoms with Gasteiger partial charge in [-0.05, 0) is 6.07 Å². The number of anilines is 1. The van der Waals surface area contributed by atoms with Crippen LogP contribution >= 0.6 is 0 Å². The minimum Gasteiger partial charge on any atom is -0.336 e. The highest BCUT2D eigenvalue weighted by atomic mass is 19.4. The fraction of sp³-hybridized carbons (Fsp3) is 0.500. The summed E-state index contributed by atoms with van der Waals surface area (Å²) in [6.45, 7) is -0.0764. The lowest BCUT2D eigenvalue weighted by atomic mass is 10.2. The van der Waals surface area contributed by atoms with E-state index >= 15 is 0 Å². The molecule has 1 aliphatic heterocycles. The fourth-order valence-corrected chi connectivity index (χ4v) is 2.22. The van der Waals surface area contributed by atoms with E-state index in [0.717, 1.165) is 0 Å². The van der Waals surface area contributed by atoms with Gasteiger partial charge in [0.25, 0.3) is 5.91 Å². The first kappa shape index (κ1) is 15.5. The second-order valence-electron chi connectivity index (χ2n) is 4.75. The van der Waals surface area contributed by atoms with Crippen LogP contribution in [0.4, 0.5) is 18.9 Å². The molecule has 0 aromatic carbocycles. The van der Waals surface area contributed by atoms with Crippen LogP contribution in [0.1, 0.15) is 10.4 Å². The Morgan fingerprint density at radius 1 is 1.33 bits per heavy atom. The van der Waals surface area contributed by atoms with Crippen molar-refractivity contribution in [3.8, 4) is 0 Å². The first-order valence-electron chi connectivity index (χ1n) is 6.40. The van der Waals surface area contributed by atoms with Crippen LogP contribution < -0.4 is 11.3 Å². The van der Waals surface area contributed by atoms with E-state index in [2.05, 4.69) is 10.4 Å². The number of hydrogen-bond acceptors (Lipinski definition) is 5. The Hall–Kier alpha value is -1.87. The van der Waals surface area contributed by atoms with Crippen molar-refractivity contribution in [1.82, 2.24) is 14.8 Å². The average molecular weight is 303 g/mol. The number of halogens is 3. The Morgan fingerprint density at radius 2 is 2.00 bits per heavy atom. The Morgan fingerprint density at radius 3 is 2.57 bits per heavy atom. The number of rotatable bonds is 3. The quantitative estimate of drug-likeness (QED) is 0.635. The maximum atomic E-state index is 12.3. The topological polar surface area (TPSA) is 74.5 Å². The molecule has 0 unspecified atom stereocenters. The van der Waals surface area contributed by atoms with Crippen LogP contribution in [0.3, 0.4) is 0 Å². The molecule has 0 saturated carbocycles. The lowest BCUT2D eigenvalue weighted by Crippen LogP contribution is -2.51. The Bertz CT molecular complexity index is 500. The van der Waals surface area contributed by atoms with Gasteiger partial charge in [-0.3, -0.25) is 20.5 Å². The van der Waals surface area contributed by atoms with Crippen molar-refractivity contribution in [1.29, 1.82) is 0 Å². The van der Waals surface area contributed by atoms with Gasteiger partial charge in [-0.1, -0.05) is 0 Å². The largest absolute Gasteiger partial charge is 0.401 e. The molecule has 2 heterocycles. The number of hydrazine groups is 1. The molecule has 3 N–H and O–H groups in total. The molecule has 1 aromatic rings. The van der Waals surface area contributed by atoms with Gasteiger partial charge < -0.3 is 10.3 Å². The second-order valence-corrected chi connectivity index (χ2v) is 4.75. The number of alkyl halides is 3. The van der Waals surface area contributed by atoms with Crippen molar-refractivity contribution in [3.63, 3.8) is 0 Å². The molecule has 9 heteroatoms. The third-order valence-corrected chi connectivity index (χ3v) is 3.27. The normalized spacial score (nSPS) is 16.9. The summed E-state index contributed by atoms with van der Waals surface area (Å²) < 4.78 is 36.9. The first-order valence-corrected chi connectivity index (χ1v) is 6.40. The Kier molecular flexibility index (Phi) is 4.63. The highest BCUT2D eigenvalue weighted by Gasteiger charge is 2.33. The van der Waals surface area contributed by atoms with Gasteiger partial charge in [-0.15, -0.1) is 0 Å². The van der Waals surface area contributed by atoms with Crippen LogP contribution in [0.2, 0.25) is 0 Å². The summed E-state index contributed by atoms with van der Waals surface area (Å²) in [5.74, 6) is 5.04. The zero-order valence-electron chi connectivity index (χ0n) is 11.2. The molecule has 1 amide bonds. The number of pyridine rings is 1. The van der Waals surface area contributed by atoms with Gasteiger partial charge in [0.2, 0.25) is 0 Å². The highest BCUT2D eigenvalue weighted by Crippen LogP contribution is 2.19. The minimum atomic E-state index is -4.22. The SMILES string of the molecule is NNc1ccncc1C(=O)N1CCN(CC(F)(F)F)CC1. The zero-order chi connectivity index (χ0) is 15.5. The third-order valence-electron chi connectivity index (χ3n) is 3.27. The van der Waals surface area contributed by atoms with Crippen molar-refractivity contribution in [3.05, 3.63) is 24.0 Å². The van der Waals surface area contributed by atoms with E-state index in [4.69, 9.17) is 5.84 Å². The maximum absolute atomic E-state index is 12.3. The molecule has 116 valence electrons. The molecule has 2 rings (SSSR count). The monoisotopic (exact) mass is 303 g/mol. The van der Waals surface area contributed by atoms with Gasteiger partial charge in [0.15, 0.2) is 0 Å². The number of nitrogens with one attached hydrogen (secondary N) is 1. The number of amides is 1. The second kappa shape index (κ2) is 6.27. The Balaban J connectivity index is 1.97. The van der Waals surface area contributed by atoms with E-state index < -0.39 is 12.7 Å². The lowest BCUT2D eigenvalue weighted by molar-refractivity contribution is -0.148. The molecule has 1 aliphatic rings. The summed E-state index contributed by atoms with van der Waals surface area (Å²) in [6, 6.07) is 1.56. The standard InChI is InChI=1S/C12H16F3N5O/c13-12(14,15)8-19-3-5-20(6-4-19)11(21)9-7-17-2-1-10(9)18-16/h1-2,7H,3-6,8,16H2,(H,17,18). The first-order chi connectivity index (χ1) is 9.90. The van der Waals surface area contributed by atoms with Crippen molar-refractivity contribution < 1.29 is 18.0 Å². The van der Waals surface area contributed by atoms with Crippen LogP contribution in [-0.4, -0.2) is 59.6 Å². The molecule has 6 nitrogen and oxygen atoms in total. The predicted octanol–water partition coefficient (Wildman–Crippen LogP) is 0.687. The minimum absolute atomic E-state index is 0.191. The summed E-state index contributed by atoms with van der Waals surface area (Å²) in [5.41, 5.74) is 3.16. The van der Waals surface area contributed by atoms with Crippen LogP contribution in [0, 0.1) is 0 Å². The lowest BCUT2D eigenvalue weighted by Gasteiger charge is -2.35. The maximum Gasteiger partial charge on any atom is 0.401 e. The smallest absolute Gasteiger partial charge is 0.336 e. The van der Waals surface area contributed by atoms with Crippen molar-refractivity contribution >= 4 is 11.6 Å². The van der Waals surface area contributed by atoms with Crippen molar-refractivity contribution in [2.75, 3.05) is 38.1 Å². The van der Waals surface area contributed by atoms with Crippen LogP contribution in [0.25, 0.3) is 0 Å². The van der Waals surface area contributed by atoms with Gasteiger partial charge in [0, 0.05) is 38.6 Å². The van der Waals surface area contributed by atoms with Crippen molar-refractivity contribution in [2.45, 2.75) is 6.18 Å². The molecule has 0 radical (unpaired) electrons. The summed E-state index contributed by atoms with van der Waals surface area (Å²) >= 11 is 0. The average Bonchev–Trinajstić information content (AvgIpc) is 2.45. The summed E-state index contributed by atoms with van der Waals surface area (Å²) in [4.78, 5) is 19.0. The molecule has 0 aliphatic carbocycles. The van der Waals surface area contributed by atoms with Gasteiger partial charge in [0.05, 0.1) is 17.8 Å². The van der Waals surface area contributed by atoms with E-state index in [1.807, 2.05) is 0 Å². The molecule has 0 spiro atoms. The van der Waals surface area contributed by atoms with Crippen LogP contribution in [-0.2, 0) is 0 Å². The number of hydrogen-bond donors (Lipinski definition) is 2. The van der Waals surface area contributed by atoms with Crippen LogP contribution in [0.15, 0.2) is 18.5 Å². The van der Waals surface area contributed by atoms with E-state index in [9.17, 15) is 18.0 Å². The van der Waals surface area contributed by atoms with E-state index in [1.165, 1.54) is 22.2 Å². The summed E-state index contributed by atoms with van der Waals surface area (Å²) in [5, 5.41) is 0. The van der Waals surface area contributed by atoms with Gasteiger partial charge in [-0.25, -0.2) is 0 Å². The van der Waals surface area contributed by atoms with Gasteiger partial charge in [0.1, 0.15) is 0 Å². The number of carbonyl (C=O) groups excluding carboxylic acids is 1. The molecule has 1 aromatic heterocycles. The predicted molar refractivity (Wildman–Crippen MR) is 70.4 cm³/mol. The number of piperazine rings is 1. The number of carbonyl (C=O) groups is 1. The third kappa shape index (κ3) is 4.05.